The van der Waals surface area contributed by atoms with Crippen LogP contribution < -0.4 is 10.6 Å². The standard InChI is InChI=1S/C14H21F3N4/c1-8-4-9(2)21(7-11(8)6-18)13-5-12(14(15,16)17)19-10(3)20-13/h5,8-9,11H,4,6-7,18H2,1-3H3. The average molecular weight is 302 g/mol. The highest BCUT2D eigenvalue weighted by Crippen LogP contribution is 2.33. The van der Waals surface area contributed by atoms with Crippen LogP contribution in [0.1, 0.15) is 31.8 Å². The van der Waals surface area contributed by atoms with Gasteiger partial charge in [0.25, 0.3) is 0 Å². The topological polar surface area (TPSA) is 55.0 Å². The Hall–Kier alpha value is -1.37. The van der Waals surface area contributed by atoms with Crippen LogP contribution in [-0.2, 0) is 6.18 Å². The second-order valence-electron chi connectivity index (χ2n) is 5.87. The van der Waals surface area contributed by atoms with Crippen molar-refractivity contribution in [3.05, 3.63) is 17.6 Å². The number of nitrogens with two attached hydrogens (primary N) is 1. The molecule has 0 spiro atoms. The number of alkyl halides is 3. The van der Waals surface area contributed by atoms with Crippen LogP contribution in [0.15, 0.2) is 6.07 Å². The summed E-state index contributed by atoms with van der Waals surface area (Å²) in [6.07, 6.45) is -3.56. The molecule has 1 fully saturated rings. The Morgan fingerprint density at radius 3 is 2.57 bits per heavy atom. The number of aryl methyl sites for hydroxylation is 1. The van der Waals surface area contributed by atoms with E-state index < -0.39 is 11.9 Å². The predicted octanol–water partition coefficient (Wildman–Crippen LogP) is 2.61. The molecular weight excluding hydrogens is 281 g/mol. The number of piperidine rings is 1. The zero-order valence-electron chi connectivity index (χ0n) is 12.5. The first-order chi connectivity index (χ1) is 9.72. The van der Waals surface area contributed by atoms with Crippen molar-refractivity contribution in [3.8, 4) is 0 Å². The summed E-state index contributed by atoms with van der Waals surface area (Å²) in [7, 11) is 0. The summed E-state index contributed by atoms with van der Waals surface area (Å²) in [6.45, 7) is 6.79. The molecule has 0 radical (unpaired) electrons. The molecule has 1 aromatic heterocycles. The first kappa shape index (κ1) is 16.0. The number of hydrogen-bond donors (Lipinski definition) is 1. The normalized spacial score (nSPS) is 27.0. The van der Waals surface area contributed by atoms with Gasteiger partial charge < -0.3 is 10.6 Å². The van der Waals surface area contributed by atoms with Crippen molar-refractivity contribution in [2.45, 2.75) is 39.4 Å². The van der Waals surface area contributed by atoms with Crippen LogP contribution in [0.3, 0.4) is 0 Å². The van der Waals surface area contributed by atoms with Gasteiger partial charge in [-0.1, -0.05) is 6.92 Å². The second kappa shape index (κ2) is 5.79. The van der Waals surface area contributed by atoms with Crippen molar-refractivity contribution >= 4 is 5.82 Å². The number of hydrogen-bond acceptors (Lipinski definition) is 4. The fourth-order valence-corrected chi connectivity index (χ4v) is 2.94. The van der Waals surface area contributed by atoms with E-state index in [1.54, 1.807) is 0 Å². The van der Waals surface area contributed by atoms with Gasteiger partial charge in [0.1, 0.15) is 17.3 Å². The molecule has 2 N–H and O–H groups in total. The molecule has 0 aromatic carbocycles. The van der Waals surface area contributed by atoms with Crippen molar-refractivity contribution in [1.29, 1.82) is 0 Å². The quantitative estimate of drug-likeness (QED) is 0.912. The highest BCUT2D eigenvalue weighted by atomic mass is 19.4. The lowest BCUT2D eigenvalue weighted by Crippen LogP contribution is -2.48. The summed E-state index contributed by atoms with van der Waals surface area (Å²) in [5.41, 5.74) is 4.88. The van der Waals surface area contributed by atoms with Gasteiger partial charge in [-0.3, -0.25) is 0 Å². The number of nitrogens with zero attached hydrogens (tertiary/aromatic N) is 3. The lowest BCUT2D eigenvalue weighted by molar-refractivity contribution is -0.141. The molecule has 3 atom stereocenters. The van der Waals surface area contributed by atoms with E-state index in [1.165, 1.54) is 6.92 Å². The second-order valence-corrected chi connectivity index (χ2v) is 5.87. The number of anilines is 1. The molecular formula is C14H21F3N4. The maximum atomic E-state index is 12.9. The monoisotopic (exact) mass is 302 g/mol. The van der Waals surface area contributed by atoms with Gasteiger partial charge in [-0.25, -0.2) is 9.97 Å². The molecule has 0 bridgehead atoms. The Bertz CT molecular complexity index is 503. The van der Waals surface area contributed by atoms with Gasteiger partial charge in [0.05, 0.1) is 0 Å². The first-order valence-electron chi connectivity index (χ1n) is 7.12. The third kappa shape index (κ3) is 3.45. The fourth-order valence-electron chi connectivity index (χ4n) is 2.94. The molecule has 3 unspecified atom stereocenters. The van der Waals surface area contributed by atoms with Crippen molar-refractivity contribution in [3.63, 3.8) is 0 Å². The largest absolute Gasteiger partial charge is 0.433 e. The number of halogens is 3. The van der Waals surface area contributed by atoms with Crippen LogP contribution in [0.4, 0.5) is 19.0 Å². The lowest BCUT2D eigenvalue weighted by Gasteiger charge is -2.42. The van der Waals surface area contributed by atoms with Crippen molar-refractivity contribution in [1.82, 2.24) is 9.97 Å². The van der Waals surface area contributed by atoms with Crippen LogP contribution in [0.25, 0.3) is 0 Å². The lowest BCUT2D eigenvalue weighted by atomic mass is 9.83. The summed E-state index contributed by atoms with van der Waals surface area (Å²) in [6, 6.07) is 1.17. The third-order valence-electron chi connectivity index (χ3n) is 4.19. The minimum Gasteiger partial charge on any atom is -0.353 e. The fraction of sp³-hybridized carbons (Fsp3) is 0.714. The van der Waals surface area contributed by atoms with E-state index in [9.17, 15) is 13.2 Å². The van der Waals surface area contributed by atoms with E-state index in [0.717, 1.165) is 12.5 Å². The molecule has 1 aromatic rings. The van der Waals surface area contributed by atoms with Gasteiger partial charge in [-0.05, 0) is 38.6 Å². The summed E-state index contributed by atoms with van der Waals surface area (Å²) >= 11 is 0. The zero-order chi connectivity index (χ0) is 15.8. The number of rotatable bonds is 2. The molecule has 0 aliphatic carbocycles. The molecule has 1 aliphatic heterocycles. The summed E-state index contributed by atoms with van der Waals surface area (Å²) in [5, 5.41) is 0. The number of aromatic nitrogens is 2. The SMILES string of the molecule is Cc1nc(N2CC(CN)C(C)CC2C)cc(C(F)(F)F)n1. The van der Waals surface area contributed by atoms with Crippen molar-refractivity contribution < 1.29 is 13.2 Å². The molecule has 0 amide bonds. The maximum Gasteiger partial charge on any atom is 0.433 e. The van der Waals surface area contributed by atoms with Gasteiger partial charge in [0.15, 0.2) is 0 Å². The Morgan fingerprint density at radius 1 is 1.33 bits per heavy atom. The summed E-state index contributed by atoms with van der Waals surface area (Å²) in [4.78, 5) is 9.60. The Labute approximate surface area is 122 Å². The van der Waals surface area contributed by atoms with E-state index in [0.29, 0.717) is 24.8 Å². The molecule has 2 heterocycles. The molecule has 1 saturated heterocycles. The van der Waals surface area contributed by atoms with Gasteiger partial charge in [0, 0.05) is 18.7 Å². The van der Waals surface area contributed by atoms with Crippen molar-refractivity contribution in [2.75, 3.05) is 18.0 Å². The maximum absolute atomic E-state index is 12.9. The third-order valence-corrected chi connectivity index (χ3v) is 4.19. The van der Waals surface area contributed by atoms with Crippen LogP contribution >= 0.6 is 0 Å². The minimum atomic E-state index is -4.46. The molecule has 7 heteroatoms. The summed E-state index contributed by atoms with van der Waals surface area (Å²) < 4.78 is 38.7. The molecule has 118 valence electrons. The van der Waals surface area contributed by atoms with Crippen LogP contribution in [-0.4, -0.2) is 29.1 Å². The Morgan fingerprint density at radius 2 is 2.00 bits per heavy atom. The van der Waals surface area contributed by atoms with Crippen molar-refractivity contribution in [2.24, 2.45) is 17.6 Å². The highest BCUT2D eigenvalue weighted by Gasteiger charge is 2.36. The smallest absolute Gasteiger partial charge is 0.353 e. The molecule has 2 rings (SSSR count). The highest BCUT2D eigenvalue weighted by molar-refractivity contribution is 5.42. The summed E-state index contributed by atoms with van der Waals surface area (Å²) in [5.74, 6) is 1.21. The van der Waals surface area contributed by atoms with Gasteiger partial charge in [0.2, 0.25) is 0 Å². The van der Waals surface area contributed by atoms with Gasteiger partial charge in [-0.15, -0.1) is 0 Å². The van der Waals surface area contributed by atoms with E-state index in [1.807, 2.05) is 11.8 Å². The van der Waals surface area contributed by atoms with Crippen LogP contribution in [0.2, 0.25) is 0 Å². The van der Waals surface area contributed by atoms with E-state index in [4.69, 9.17) is 5.73 Å². The minimum absolute atomic E-state index is 0.134. The van der Waals surface area contributed by atoms with Gasteiger partial charge in [-0.2, -0.15) is 13.2 Å². The molecule has 0 saturated carbocycles. The van der Waals surface area contributed by atoms with E-state index in [-0.39, 0.29) is 17.8 Å². The Kier molecular flexibility index (Phi) is 4.41. The molecule has 4 nitrogen and oxygen atoms in total. The first-order valence-corrected chi connectivity index (χ1v) is 7.12. The van der Waals surface area contributed by atoms with Gasteiger partial charge >= 0.3 is 6.18 Å². The van der Waals surface area contributed by atoms with E-state index in [2.05, 4.69) is 16.9 Å². The Balaban J connectivity index is 2.34. The predicted molar refractivity (Wildman–Crippen MR) is 74.9 cm³/mol. The molecule has 21 heavy (non-hydrogen) atoms. The zero-order valence-corrected chi connectivity index (χ0v) is 12.5. The van der Waals surface area contributed by atoms with Crippen LogP contribution in [0.5, 0.6) is 0 Å². The molecule has 1 aliphatic rings. The average Bonchev–Trinajstić information content (AvgIpc) is 2.37. The van der Waals surface area contributed by atoms with Crippen LogP contribution in [0, 0.1) is 18.8 Å². The van der Waals surface area contributed by atoms with E-state index >= 15 is 0 Å².